The van der Waals surface area contributed by atoms with Gasteiger partial charge in [-0.2, -0.15) is 0 Å². The molecule has 45 heavy (non-hydrogen) atoms. The highest BCUT2D eigenvalue weighted by Gasteiger charge is 2.49. The average molecular weight is 636 g/mol. The fourth-order valence-electron chi connectivity index (χ4n) is 4.05. The number of aromatic hydroxyl groups is 9. The van der Waals surface area contributed by atoms with Gasteiger partial charge >= 0.3 is 17.9 Å². The van der Waals surface area contributed by atoms with Gasteiger partial charge in [-0.3, -0.25) is 0 Å². The Morgan fingerprint density at radius 2 is 0.911 bits per heavy atom. The van der Waals surface area contributed by atoms with E-state index in [2.05, 4.69) is 0 Å². The van der Waals surface area contributed by atoms with Crippen molar-refractivity contribution in [3.05, 3.63) is 53.1 Å². The van der Waals surface area contributed by atoms with E-state index in [1.807, 2.05) is 0 Å². The molecule has 3 aromatic carbocycles. The monoisotopic (exact) mass is 636 g/mol. The minimum atomic E-state index is -2.19. The molecule has 1 fully saturated rings. The molecular weight excluding hydrogens is 612 g/mol. The van der Waals surface area contributed by atoms with E-state index >= 15 is 0 Å². The number of rotatable bonds is 7. The van der Waals surface area contributed by atoms with Crippen molar-refractivity contribution in [3.63, 3.8) is 0 Å². The number of phenolic OH excluding ortho intramolecular Hbond substituents is 9. The lowest BCUT2D eigenvalue weighted by Gasteiger charge is -2.41. The molecular formula is C27H24O18. The first-order valence-corrected chi connectivity index (χ1v) is 12.4. The molecule has 0 aromatic heterocycles. The number of aliphatic hydroxyl groups excluding tert-OH is 2. The zero-order valence-corrected chi connectivity index (χ0v) is 22.3. The minimum Gasteiger partial charge on any atom is -0.504 e. The lowest BCUT2D eigenvalue weighted by molar-refractivity contribution is -0.284. The van der Waals surface area contributed by atoms with E-state index < -0.39 is 124 Å². The summed E-state index contributed by atoms with van der Waals surface area (Å²) in [6.45, 7) is -0.918. The Morgan fingerprint density at radius 3 is 1.31 bits per heavy atom. The molecule has 1 aliphatic heterocycles. The van der Waals surface area contributed by atoms with E-state index in [0.717, 1.165) is 12.1 Å². The van der Waals surface area contributed by atoms with Crippen LogP contribution in [0.4, 0.5) is 0 Å². The number of ether oxygens (including phenoxy) is 4. The Hall–Kier alpha value is -5.85. The Kier molecular flexibility index (Phi) is 8.84. The summed E-state index contributed by atoms with van der Waals surface area (Å²) in [4.78, 5) is 38.1. The first kappa shape index (κ1) is 32.1. The van der Waals surface area contributed by atoms with Crippen molar-refractivity contribution in [2.45, 2.75) is 30.7 Å². The van der Waals surface area contributed by atoms with Crippen molar-refractivity contribution in [2.75, 3.05) is 6.61 Å². The summed E-state index contributed by atoms with van der Waals surface area (Å²) < 4.78 is 20.6. The quantitative estimate of drug-likeness (QED) is 0.0902. The van der Waals surface area contributed by atoms with Crippen LogP contribution in [0.3, 0.4) is 0 Å². The van der Waals surface area contributed by atoms with E-state index in [9.17, 15) is 70.6 Å². The average Bonchev–Trinajstić information content (AvgIpc) is 2.99. The summed E-state index contributed by atoms with van der Waals surface area (Å²) in [7, 11) is 0. The summed E-state index contributed by atoms with van der Waals surface area (Å²) in [6, 6.07) is 4.20. The number of hydrogen-bond donors (Lipinski definition) is 11. The predicted molar refractivity (Wildman–Crippen MR) is 140 cm³/mol. The number of esters is 3. The molecule has 1 heterocycles. The molecule has 0 aliphatic carbocycles. The molecule has 3 aromatic rings. The topological polar surface area (TPSA) is 311 Å². The number of phenols is 9. The van der Waals surface area contributed by atoms with Crippen molar-refractivity contribution in [3.8, 4) is 51.7 Å². The maximum absolute atomic E-state index is 12.8. The van der Waals surface area contributed by atoms with Crippen molar-refractivity contribution < 1.29 is 89.5 Å². The molecule has 0 radical (unpaired) electrons. The van der Waals surface area contributed by atoms with Gasteiger partial charge in [-0.25, -0.2) is 14.4 Å². The van der Waals surface area contributed by atoms with Crippen LogP contribution >= 0.6 is 0 Å². The second-order valence-corrected chi connectivity index (χ2v) is 9.49. The third-order valence-corrected chi connectivity index (χ3v) is 6.40. The van der Waals surface area contributed by atoms with Gasteiger partial charge in [0.25, 0.3) is 0 Å². The first-order chi connectivity index (χ1) is 21.1. The predicted octanol–water partition coefficient (Wildman–Crippen LogP) is -0.277. The second kappa shape index (κ2) is 12.4. The second-order valence-electron chi connectivity index (χ2n) is 9.49. The third kappa shape index (κ3) is 6.56. The number of carbonyl (C=O) groups is 3. The summed E-state index contributed by atoms with van der Waals surface area (Å²) >= 11 is 0. The molecule has 0 saturated carbocycles. The van der Waals surface area contributed by atoms with Gasteiger partial charge in [0.15, 0.2) is 64.0 Å². The van der Waals surface area contributed by atoms with Crippen LogP contribution < -0.4 is 0 Å². The maximum Gasteiger partial charge on any atom is 0.340 e. The Labute approximate surface area is 249 Å². The Morgan fingerprint density at radius 1 is 0.556 bits per heavy atom. The van der Waals surface area contributed by atoms with Gasteiger partial charge in [-0.05, 0) is 36.4 Å². The molecule has 18 nitrogen and oxygen atoms in total. The summed E-state index contributed by atoms with van der Waals surface area (Å²) in [5.41, 5.74) is -1.62. The van der Waals surface area contributed by atoms with Gasteiger partial charge in [0.05, 0.1) is 16.7 Å². The van der Waals surface area contributed by atoms with Crippen LogP contribution in [0, 0.1) is 0 Å². The van der Waals surface area contributed by atoms with E-state index in [0.29, 0.717) is 24.3 Å². The molecule has 0 amide bonds. The lowest BCUT2D eigenvalue weighted by Crippen LogP contribution is -2.61. The molecule has 4 rings (SSSR count). The van der Waals surface area contributed by atoms with Crippen LogP contribution in [0.1, 0.15) is 31.1 Å². The first-order valence-electron chi connectivity index (χ1n) is 12.4. The molecule has 1 saturated heterocycles. The number of hydrogen-bond acceptors (Lipinski definition) is 18. The van der Waals surface area contributed by atoms with Gasteiger partial charge < -0.3 is 75.1 Å². The van der Waals surface area contributed by atoms with Crippen molar-refractivity contribution in [1.82, 2.24) is 0 Å². The smallest absolute Gasteiger partial charge is 0.340 e. The zero-order chi connectivity index (χ0) is 33.3. The summed E-state index contributed by atoms with van der Waals surface area (Å²) in [5, 5.41) is 108. The highest BCUT2D eigenvalue weighted by atomic mass is 16.7. The fraction of sp³-hybridized carbons (Fsp3) is 0.222. The molecule has 0 bridgehead atoms. The van der Waals surface area contributed by atoms with E-state index in [4.69, 9.17) is 18.9 Å². The van der Waals surface area contributed by atoms with E-state index in [1.165, 1.54) is 0 Å². The third-order valence-electron chi connectivity index (χ3n) is 6.40. The normalized spacial score (nSPS) is 21.1. The fourth-order valence-corrected chi connectivity index (χ4v) is 4.05. The van der Waals surface area contributed by atoms with Crippen LogP contribution in [-0.2, 0) is 18.9 Å². The Balaban J connectivity index is 1.59. The van der Waals surface area contributed by atoms with Crippen LogP contribution in [-0.4, -0.2) is 111 Å². The number of aliphatic hydroxyl groups is 2. The lowest BCUT2D eigenvalue weighted by atomic mass is 9.98. The van der Waals surface area contributed by atoms with Crippen molar-refractivity contribution in [1.29, 1.82) is 0 Å². The zero-order valence-electron chi connectivity index (χ0n) is 22.3. The van der Waals surface area contributed by atoms with Crippen LogP contribution in [0.2, 0.25) is 0 Å². The highest BCUT2D eigenvalue weighted by Crippen LogP contribution is 2.38. The van der Waals surface area contributed by atoms with Gasteiger partial charge in [-0.15, -0.1) is 0 Å². The molecule has 18 heteroatoms. The molecule has 0 spiro atoms. The number of carbonyl (C=O) groups excluding carboxylic acids is 3. The maximum atomic E-state index is 12.8. The van der Waals surface area contributed by atoms with Gasteiger partial charge in [0.2, 0.25) is 6.29 Å². The molecule has 5 atom stereocenters. The summed E-state index contributed by atoms with van der Waals surface area (Å²) in [6.07, 6.45) is -10.2. The summed E-state index contributed by atoms with van der Waals surface area (Å²) in [5.74, 6) is -12.3. The van der Waals surface area contributed by atoms with Crippen molar-refractivity contribution >= 4 is 17.9 Å². The molecule has 0 unspecified atom stereocenters. The van der Waals surface area contributed by atoms with Gasteiger partial charge in [0.1, 0.15) is 18.8 Å². The van der Waals surface area contributed by atoms with Crippen LogP contribution in [0.25, 0.3) is 0 Å². The largest absolute Gasteiger partial charge is 0.504 e. The molecule has 11 N–H and O–H groups in total. The van der Waals surface area contributed by atoms with E-state index in [-0.39, 0.29) is 0 Å². The highest BCUT2D eigenvalue weighted by molar-refractivity contribution is 5.92. The molecule has 240 valence electrons. The standard InChI is InChI=1S/C27H24O18/c28-11-1-8(2-12(29)18(11)34)24(39)42-7-17-21(37)23(44-25(40)9-3-13(30)19(35)14(31)4-9)22(38)27(43-17)45-26(41)10-5-15(32)20(36)16(33)6-10/h1-6,17,21-23,27-38H,7H2/t17-,21+,22-,23-,27-/m0/s1. The van der Waals surface area contributed by atoms with Crippen LogP contribution in [0.15, 0.2) is 36.4 Å². The van der Waals surface area contributed by atoms with Gasteiger partial charge in [-0.1, -0.05) is 0 Å². The van der Waals surface area contributed by atoms with E-state index in [1.54, 1.807) is 0 Å². The Bertz CT molecular complexity index is 1580. The number of benzene rings is 3. The van der Waals surface area contributed by atoms with Gasteiger partial charge in [0, 0.05) is 0 Å². The van der Waals surface area contributed by atoms with Crippen LogP contribution in [0.5, 0.6) is 51.7 Å². The molecule has 1 aliphatic rings. The van der Waals surface area contributed by atoms with Crippen molar-refractivity contribution in [2.24, 2.45) is 0 Å². The SMILES string of the molecule is O=C(OC[C@@H]1O[C@@H](OC(=O)c2cc(O)c(O)c(O)c2)[C@@H](O)[C@@H](OC(=O)c2cc(O)c(O)c(O)c2)[C@@H]1O)c1cc(O)c(O)c(O)c1. The minimum absolute atomic E-state index is 0.474.